The first-order valence-corrected chi connectivity index (χ1v) is 5.18. The van der Waals surface area contributed by atoms with E-state index in [1.165, 1.54) is 30.5 Å². The molecule has 2 rings (SSSR count). The number of carbonyl (C=O) groups is 1. The molecule has 0 N–H and O–H groups in total. The molecule has 0 saturated heterocycles. The molecule has 3 nitrogen and oxygen atoms in total. The zero-order valence-electron chi connectivity index (χ0n) is 9.27. The Morgan fingerprint density at radius 2 is 1.94 bits per heavy atom. The summed E-state index contributed by atoms with van der Waals surface area (Å²) >= 11 is 0. The molecule has 0 amide bonds. The Hall–Kier alpha value is -2.30. The number of ether oxygens (including phenoxy) is 1. The van der Waals surface area contributed by atoms with E-state index in [0.29, 0.717) is 0 Å². The molecular weight excluding hydrogens is 240 g/mol. The van der Waals surface area contributed by atoms with Crippen molar-refractivity contribution in [2.45, 2.75) is 6.61 Å². The van der Waals surface area contributed by atoms with Gasteiger partial charge < -0.3 is 4.74 Å². The van der Waals surface area contributed by atoms with Gasteiger partial charge in [-0.1, -0.05) is 18.2 Å². The van der Waals surface area contributed by atoms with E-state index >= 15 is 0 Å². The standard InChI is InChI=1S/C13H9F2NO2/c14-11-4-2-1-3-9(11)8-18-13(17)10-5-6-16-7-12(10)15/h1-7H,8H2. The second kappa shape index (κ2) is 5.35. The molecule has 0 radical (unpaired) electrons. The van der Waals surface area contributed by atoms with Gasteiger partial charge in [-0.05, 0) is 12.1 Å². The zero-order chi connectivity index (χ0) is 13.0. The summed E-state index contributed by atoms with van der Waals surface area (Å²) in [6, 6.07) is 7.11. The number of nitrogens with zero attached hydrogens (tertiary/aromatic N) is 1. The summed E-state index contributed by atoms with van der Waals surface area (Å²) in [5.74, 6) is -2.09. The van der Waals surface area contributed by atoms with Crippen LogP contribution in [0.4, 0.5) is 8.78 Å². The van der Waals surface area contributed by atoms with E-state index in [1.54, 1.807) is 6.07 Å². The van der Waals surface area contributed by atoms with Crippen molar-refractivity contribution in [3.63, 3.8) is 0 Å². The number of halogens is 2. The summed E-state index contributed by atoms with van der Waals surface area (Å²) in [6.07, 6.45) is 2.20. The average molecular weight is 249 g/mol. The second-order valence-electron chi connectivity index (χ2n) is 3.52. The van der Waals surface area contributed by atoms with Crippen LogP contribution in [0.5, 0.6) is 0 Å². The first-order chi connectivity index (χ1) is 8.68. The van der Waals surface area contributed by atoms with Crippen molar-refractivity contribution in [1.29, 1.82) is 0 Å². The molecule has 0 unspecified atom stereocenters. The molecule has 2 aromatic rings. The fourth-order valence-corrected chi connectivity index (χ4v) is 1.38. The number of esters is 1. The second-order valence-corrected chi connectivity index (χ2v) is 3.52. The van der Waals surface area contributed by atoms with Crippen molar-refractivity contribution < 1.29 is 18.3 Å². The third-order valence-electron chi connectivity index (χ3n) is 2.31. The summed E-state index contributed by atoms with van der Waals surface area (Å²) in [7, 11) is 0. The average Bonchev–Trinajstić information content (AvgIpc) is 2.38. The maximum absolute atomic E-state index is 13.2. The molecule has 0 aliphatic rings. The Kier molecular flexibility index (Phi) is 3.62. The van der Waals surface area contributed by atoms with Crippen LogP contribution in [-0.4, -0.2) is 11.0 Å². The minimum absolute atomic E-state index is 0.221. The minimum atomic E-state index is -0.849. The first kappa shape index (κ1) is 12.2. The van der Waals surface area contributed by atoms with Gasteiger partial charge in [-0.3, -0.25) is 4.98 Å². The molecule has 1 aromatic heterocycles. The summed E-state index contributed by atoms with van der Waals surface area (Å²) in [4.78, 5) is 15.1. The number of hydrogen-bond acceptors (Lipinski definition) is 3. The van der Waals surface area contributed by atoms with Crippen LogP contribution in [0.1, 0.15) is 15.9 Å². The molecule has 92 valence electrons. The molecule has 0 aliphatic carbocycles. The van der Waals surface area contributed by atoms with Crippen molar-refractivity contribution in [3.8, 4) is 0 Å². The van der Waals surface area contributed by atoms with Crippen LogP contribution in [0.25, 0.3) is 0 Å². The van der Waals surface area contributed by atoms with Crippen LogP contribution in [0, 0.1) is 11.6 Å². The Labute approximate surface area is 102 Å². The predicted molar refractivity (Wildman–Crippen MR) is 59.7 cm³/mol. The molecule has 1 aromatic carbocycles. The fourth-order valence-electron chi connectivity index (χ4n) is 1.38. The SMILES string of the molecule is O=C(OCc1ccccc1F)c1ccncc1F. The maximum atomic E-state index is 13.2. The monoisotopic (exact) mass is 249 g/mol. The van der Waals surface area contributed by atoms with Crippen molar-refractivity contribution in [3.05, 3.63) is 65.5 Å². The molecule has 0 spiro atoms. The van der Waals surface area contributed by atoms with Gasteiger partial charge in [-0.2, -0.15) is 0 Å². The number of aromatic nitrogens is 1. The van der Waals surface area contributed by atoms with Crippen LogP contribution in [0.2, 0.25) is 0 Å². The van der Waals surface area contributed by atoms with E-state index in [-0.39, 0.29) is 17.7 Å². The summed E-state index contributed by atoms with van der Waals surface area (Å²) < 4.78 is 31.3. The highest BCUT2D eigenvalue weighted by molar-refractivity contribution is 5.89. The number of benzene rings is 1. The number of carbonyl (C=O) groups excluding carboxylic acids is 1. The van der Waals surface area contributed by atoms with E-state index in [9.17, 15) is 13.6 Å². The van der Waals surface area contributed by atoms with Crippen LogP contribution in [0.3, 0.4) is 0 Å². The predicted octanol–water partition coefficient (Wildman–Crippen LogP) is 2.72. The van der Waals surface area contributed by atoms with Gasteiger partial charge in [0.2, 0.25) is 0 Å². The third kappa shape index (κ3) is 2.68. The summed E-state index contributed by atoms with van der Waals surface area (Å²) in [5.41, 5.74) is 0.0154. The molecule has 0 saturated carbocycles. The topological polar surface area (TPSA) is 39.2 Å². The molecule has 18 heavy (non-hydrogen) atoms. The molecule has 1 heterocycles. The quantitative estimate of drug-likeness (QED) is 0.785. The highest BCUT2D eigenvalue weighted by Gasteiger charge is 2.13. The van der Waals surface area contributed by atoms with Gasteiger partial charge in [0.05, 0.1) is 11.8 Å². The fraction of sp³-hybridized carbons (Fsp3) is 0.0769. The lowest BCUT2D eigenvalue weighted by molar-refractivity contribution is 0.0463. The zero-order valence-corrected chi connectivity index (χ0v) is 9.27. The van der Waals surface area contributed by atoms with Gasteiger partial charge >= 0.3 is 5.97 Å². The van der Waals surface area contributed by atoms with Crippen LogP contribution < -0.4 is 0 Å². The van der Waals surface area contributed by atoms with Gasteiger partial charge in [0, 0.05) is 11.8 Å². The number of rotatable bonds is 3. The van der Waals surface area contributed by atoms with Crippen molar-refractivity contribution in [1.82, 2.24) is 4.98 Å². The van der Waals surface area contributed by atoms with Crippen LogP contribution in [0.15, 0.2) is 42.7 Å². The summed E-state index contributed by atoms with van der Waals surface area (Å²) in [5, 5.41) is 0. The molecular formula is C13H9F2NO2. The normalized spacial score (nSPS) is 10.1. The van der Waals surface area contributed by atoms with E-state index in [2.05, 4.69) is 4.98 Å². The Balaban J connectivity index is 2.06. The van der Waals surface area contributed by atoms with Gasteiger partial charge in [-0.15, -0.1) is 0 Å². The molecule has 0 atom stereocenters. The van der Waals surface area contributed by atoms with E-state index in [1.807, 2.05) is 0 Å². The van der Waals surface area contributed by atoms with E-state index in [0.717, 1.165) is 6.20 Å². The molecule has 0 bridgehead atoms. The van der Waals surface area contributed by atoms with Crippen molar-refractivity contribution in [2.24, 2.45) is 0 Å². The van der Waals surface area contributed by atoms with Gasteiger partial charge in [0.1, 0.15) is 12.4 Å². The third-order valence-corrected chi connectivity index (χ3v) is 2.31. The summed E-state index contributed by atoms with van der Waals surface area (Å²) in [6.45, 7) is -0.243. The molecule has 0 aliphatic heterocycles. The van der Waals surface area contributed by atoms with Gasteiger partial charge in [0.25, 0.3) is 0 Å². The maximum Gasteiger partial charge on any atom is 0.341 e. The van der Waals surface area contributed by atoms with Crippen LogP contribution in [-0.2, 0) is 11.3 Å². The lowest BCUT2D eigenvalue weighted by atomic mass is 10.2. The first-order valence-electron chi connectivity index (χ1n) is 5.18. The lowest BCUT2D eigenvalue weighted by Gasteiger charge is -2.06. The smallest absolute Gasteiger partial charge is 0.341 e. The molecule has 0 fully saturated rings. The largest absolute Gasteiger partial charge is 0.457 e. The van der Waals surface area contributed by atoms with E-state index < -0.39 is 17.6 Å². The highest BCUT2D eigenvalue weighted by atomic mass is 19.1. The molecule has 5 heteroatoms. The number of pyridine rings is 1. The van der Waals surface area contributed by atoms with Gasteiger partial charge in [-0.25, -0.2) is 13.6 Å². The van der Waals surface area contributed by atoms with Crippen molar-refractivity contribution >= 4 is 5.97 Å². The number of hydrogen-bond donors (Lipinski definition) is 0. The van der Waals surface area contributed by atoms with Crippen molar-refractivity contribution in [2.75, 3.05) is 0 Å². The van der Waals surface area contributed by atoms with Crippen LogP contribution >= 0.6 is 0 Å². The van der Waals surface area contributed by atoms with Gasteiger partial charge in [0.15, 0.2) is 5.82 Å². The lowest BCUT2D eigenvalue weighted by Crippen LogP contribution is -2.08. The minimum Gasteiger partial charge on any atom is -0.457 e. The Morgan fingerprint density at radius 3 is 2.67 bits per heavy atom. The Bertz CT molecular complexity index is 572. The van der Waals surface area contributed by atoms with E-state index in [4.69, 9.17) is 4.74 Å². The Morgan fingerprint density at radius 1 is 1.17 bits per heavy atom. The highest BCUT2D eigenvalue weighted by Crippen LogP contribution is 2.11.